The molecule has 0 spiro atoms. The zero-order valence-corrected chi connectivity index (χ0v) is 18.0. The van der Waals surface area contributed by atoms with Crippen LogP contribution in [-0.4, -0.2) is 34.4 Å². The van der Waals surface area contributed by atoms with Gasteiger partial charge in [0.1, 0.15) is 13.2 Å². The molecule has 0 atom stereocenters. The first-order valence-electron chi connectivity index (χ1n) is 10.0. The number of carbonyl (C=O) groups excluding carboxylic acids is 1. The molecule has 6 nitrogen and oxygen atoms in total. The van der Waals surface area contributed by atoms with Crippen molar-refractivity contribution in [1.82, 2.24) is 14.9 Å². The normalized spacial score (nSPS) is 12.6. The van der Waals surface area contributed by atoms with Gasteiger partial charge in [-0.05, 0) is 43.2 Å². The van der Waals surface area contributed by atoms with Gasteiger partial charge in [0.05, 0.1) is 17.6 Å². The number of benzene rings is 2. The summed E-state index contributed by atoms with van der Waals surface area (Å²) in [6.45, 7) is 6.56. The topological polar surface area (TPSA) is 65.4 Å². The van der Waals surface area contributed by atoms with Crippen LogP contribution in [-0.2, 0) is 17.9 Å². The van der Waals surface area contributed by atoms with Crippen LogP contribution in [0, 0.1) is 6.92 Å². The first kappa shape index (κ1) is 20.3. The van der Waals surface area contributed by atoms with E-state index in [2.05, 4.69) is 21.8 Å². The standard InChI is InChI=1S/C23H25N3O3S/c1-3-26-19(17-8-9-20-21(12-17)29-11-10-28-20)14-25-23(26)30-15-22(27)24-13-18-7-5-4-6-16(18)2/h4-9,12,14H,3,10-11,13,15H2,1-2H3,(H,24,27). The van der Waals surface area contributed by atoms with Gasteiger partial charge < -0.3 is 19.4 Å². The number of aryl methyl sites for hydroxylation is 1. The molecular formula is C23H25N3O3S. The number of aromatic nitrogens is 2. The molecule has 1 aromatic heterocycles. The highest BCUT2D eigenvalue weighted by Crippen LogP contribution is 2.35. The molecule has 1 aliphatic heterocycles. The zero-order chi connectivity index (χ0) is 20.9. The SMILES string of the molecule is CCn1c(-c2ccc3c(c2)OCCO3)cnc1SCC(=O)NCc1ccccc1C. The number of rotatable bonds is 7. The molecule has 0 aliphatic carbocycles. The smallest absolute Gasteiger partial charge is 0.230 e. The third-order valence-electron chi connectivity index (χ3n) is 5.04. The van der Waals surface area contributed by atoms with Gasteiger partial charge in [0, 0.05) is 18.7 Å². The van der Waals surface area contributed by atoms with E-state index in [1.54, 1.807) is 0 Å². The summed E-state index contributed by atoms with van der Waals surface area (Å²) in [5.74, 6) is 1.85. The zero-order valence-electron chi connectivity index (χ0n) is 17.2. The molecule has 2 aromatic carbocycles. The summed E-state index contributed by atoms with van der Waals surface area (Å²) in [6, 6.07) is 14.0. The van der Waals surface area contributed by atoms with Crippen molar-refractivity contribution in [2.75, 3.05) is 19.0 Å². The van der Waals surface area contributed by atoms with Crippen molar-refractivity contribution in [1.29, 1.82) is 0 Å². The molecule has 1 amide bonds. The first-order valence-corrected chi connectivity index (χ1v) is 11.0. The summed E-state index contributed by atoms with van der Waals surface area (Å²) in [6.07, 6.45) is 1.85. The van der Waals surface area contributed by atoms with Crippen LogP contribution in [0.2, 0.25) is 0 Å². The Hall–Kier alpha value is -2.93. The molecule has 1 N–H and O–H groups in total. The van der Waals surface area contributed by atoms with Gasteiger partial charge in [-0.3, -0.25) is 4.79 Å². The minimum atomic E-state index is -0.00483. The average Bonchev–Trinajstić information content (AvgIpc) is 3.19. The quantitative estimate of drug-likeness (QED) is 0.581. The minimum absolute atomic E-state index is 0.00483. The molecule has 0 unspecified atom stereocenters. The number of thioether (sulfide) groups is 1. The molecule has 0 fully saturated rings. The van der Waals surface area contributed by atoms with E-state index in [4.69, 9.17) is 9.47 Å². The van der Waals surface area contributed by atoms with E-state index in [0.717, 1.165) is 40.0 Å². The number of nitrogens with zero attached hydrogens (tertiary/aromatic N) is 2. The van der Waals surface area contributed by atoms with Gasteiger partial charge in [-0.2, -0.15) is 0 Å². The third-order valence-corrected chi connectivity index (χ3v) is 6.03. The Balaban J connectivity index is 1.41. The average molecular weight is 424 g/mol. The second-order valence-corrected chi connectivity index (χ2v) is 7.96. The Morgan fingerprint density at radius 2 is 1.97 bits per heavy atom. The highest BCUT2D eigenvalue weighted by atomic mass is 32.2. The summed E-state index contributed by atoms with van der Waals surface area (Å²) < 4.78 is 13.4. The molecule has 3 aromatic rings. The Morgan fingerprint density at radius 3 is 2.77 bits per heavy atom. The van der Waals surface area contributed by atoms with Gasteiger partial charge in [0.25, 0.3) is 0 Å². The van der Waals surface area contributed by atoms with Crippen molar-refractivity contribution in [3.8, 4) is 22.8 Å². The summed E-state index contributed by atoms with van der Waals surface area (Å²) in [5.41, 5.74) is 4.32. The van der Waals surface area contributed by atoms with Crippen LogP contribution in [0.3, 0.4) is 0 Å². The lowest BCUT2D eigenvalue weighted by atomic mass is 10.1. The van der Waals surface area contributed by atoms with Crippen molar-refractivity contribution in [2.45, 2.75) is 32.1 Å². The van der Waals surface area contributed by atoms with E-state index in [0.29, 0.717) is 25.5 Å². The van der Waals surface area contributed by atoms with Gasteiger partial charge in [-0.15, -0.1) is 0 Å². The molecule has 156 valence electrons. The Bertz CT molecular complexity index is 1050. The van der Waals surface area contributed by atoms with Gasteiger partial charge in [0.15, 0.2) is 16.7 Å². The van der Waals surface area contributed by atoms with Gasteiger partial charge >= 0.3 is 0 Å². The Morgan fingerprint density at radius 1 is 1.17 bits per heavy atom. The van der Waals surface area contributed by atoms with Crippen molar-refractivity contribution in [3.63, 3.8) is 0 Å². The van der Waals surface area contributed by atoms with Gasteiger partial charge in [-0.1, -0.05) is 36.0 Å². The molecule has 30 heavy (non-hydrogen) atoms. The first-order chi connectivity index (χ1) is 14.7. The number of fused-ring (bicyclic) bond motifs is 1. The van der Waals surface area contributed by atoms with E-state index in [1.807, 2.05) is 55.6 Å². The molecule has 2 heterocycles. The second-order valence-electron chi connectivity index (χ2n) is 7.02. The monoisotopic (exact) mass is 423 g/mol. The molecule has 0 bridgehead atoms. The van der Waals surface area contributed by atoms with Gasteiger partial charge in [-0.25, -0.2) is 4.98 Å². The minimum Gasteiger partial charge on any atom is -0.486 e. The predicted molar refractivity (Wildman–Crippen MR) is 118 cm³/mol. The largest absolute Gasteiger partial charge is 0.486 e. The fourth-order valence-electron chi connectivity index (χ4n) is 3.40. The number of carbonyl (C=O) groups is 1. The number of hydrogen-bond donors (Lipinski definition) is 1. The van der Waals surface area contributed by atoms with E-state index in [1.165, 1.54) is 17.3 Å². The summed E-state index contributed by atoms with van der Waals surface area (Å²) >= 11 is 1.45. The van der Waals surface area contributed by atoms with E-state index in [9.17, 15) is 4.79 Å². The maximum Gasteiger partial charge on any atom is 0.230 e. The molecule has 7 heteroatoms. The molecule has 0 saturated heterocycles. The lowest BCUT2D eigenvalue weighted by molar-refractivity contribution is -0.118. The van der Waals surface area contributed by atoms with Crippen LogP contribution >= 0.6 is 11.8 Å². The summed E-state index contributed by atoms with van der Waals surface area (Å²) in [7, 11) is 0. The van der Waals surface area contributed by atoms with Crippen LogP contribution in [0.25, 0.3) is 11.3 Å². The summed E-state index contributed by atoms with van der Waals surface area (Å²) in [4.78, 5) is 16.9. The van der Waals surface area contributed by atoms with Crippen LogP contribution in [0.5, 0.6) is 11.5 Å². The van der Waals surface area contributed by atoms with Crippen molar-refractivity contribution in [3.05, 3.63) is 59.8 Å². The fraction of sp³-hybridized carbons (Fsp3) is 0.304. The predicted octanol–water partition coefficient (Wildman–Crippen LogP) is 4.06. The number of nitrogens with one attached hydrogen (secondary N) is 1. The Labute approximate surface area is 180 Å². The van der Waals surface area contributed by atoms with Gasteiger partial charge in [0.2, 0.25) is 5.91 Å². The highest BCUT2D eigenvalue weighted by molar-refractivity contribution is 7.99. The van der Waals surface area contributed by atoms with Crippen LogP contribution < -0.4 is 14.8 Å². The lowest BCUT2D eigenvalue weighted by Gasteiger charge is -2.19. The second kappa shape index (κ2) is 9.26. The van der Waals surface area contributed by atoms with Crippen molar-refractivity contribution < 1.29 is 14.3 Å². The molecule has 4 rings (SSSR count). The Kier molecular flexibility index (Phi) is 6.28. The van der Waals surface area contributed by atoms with E-state index >= 15 is 0 Å². The molecule has 0 radical (unpaired) electrons. The molecule has 0 saturated carbocycles. The highest BCUT2D eigenvalue weighted by Gasteiger charge is 2.17. The van der Waals surface area contributed by atoms with Crippen LogP contribution in [0.4, 0.5) is 0 Å². The van der Waals surface area contributed by atoms with Crippen LogP contribution in [0.1, 0.15) is 18.1 Å². The maximum absolute atomic E-state index is 12.3. The number of hydrogen-bond acceptors (Lipinski definition) is 5. The van der Waals surface area contributed by atoms with Crippen molar-refractivity contribution in [2.24, 2.45) is 0 Å². The van der Waals surface area contributed by atoms with E-state index < -0.39 is 0 Å². The maximum atomic E-state index is 12.3. The number of ether oxygens (including phenoxy) is 2. The van der Waals surface area contributed by atoms with Crippen LogP contribution in [0.15, 0.2) is 53.8 Å². The molecule has 1 aliphatic rings. The van der Waals surface area contributed by atoms with Crippen molar-refractivity contribution >= 4 is 17.7 Å². The third kappa shape index (κ3) is 4.46. The molecular weight excluding hydrogens is 398 g/mol. The lowest BCUT2D eigenvalue weighted by Crippen LogP contribution is -2.25. The summed E-state index contributed by atoms with van der Waals surface area (Å²) in [5, 5.41) is 3.82. The fourth-order valence-corrected chi connectivity index (χ4v) is 4.27. The number of amides is 1. The number of imidazole rings is 1. The van der Waals surface area contributed by atoms with E-state index in [-0.39, 0.29) is 5.91 Å².